The van der Waals surface area contributed by atoms with Gasteiger partial charge in [-0.2, -0.15) is 0 Å². The summed E-state index contributed by atoms with van der Waals surface area (Å²) < 4.78 is 2.14. The molecule has 0 aliphatic heterocycles. The van der Waals surface area contributed by atoms with Crippen LogP contribution in [-0.4, -0.2) is 22.6 Å². The first-order valence-corrected chi connectivity index (χ1v) is 6.80. The minimum atomic E-state index is 0.696. The fourth-order valence-corrected chi connectivity index (χ4v) is 2.82. The second-order valence-corrected chi connectivity index (χ2v) is 4.96. The molecule has 1 aliphatic rings. The summed E-state index contributed by atoms with van der Waals surface area (Å²) in [7, 11) is 0. The van der Waals surface area contributed by atoms with E-state index < -0.39 is 0 Å². The first kappa shape index (κ1) is 12.4. The van der Waals surface area contributed by atoms with E-state index in [4.69, 9.17) is 5.73 Å². The lowest BCUT2D eigenvalue weighted by molar-refractivity contribution is 0.255. The minimum absolute atomic E-state index is 0.696. The Morgan fingerprint density at radius 2 is 2.18 bits per heavy atom. The van der Waals surface area contributed by atoms with E-state index in [2.05, 4.69) is 21.8 Å². The van der Waals surface area contributed by atoms with E-state index in [0.29, 0.717) is 5.92 Å². The lowest BCUT2D eigenvalue weighted by atomic mass is 9.79. The van der Waals surface area contributed by atoms with Gasteiger partial charge >= 0.3 is 0 Å². The summed E-state index contributed by atoms with van der Waals surface area (Å²) in [6, 6.07) is 0. The standard InChI is InChI=1S/C13H24N4/c1-2-17-8-7-15-13(17)16-10-12-6-4-3-5-11(12)9-14/h7-8,11-12H,2-6,9-10,14H2,1H3,(H,15,16). The number of anilines is 1. The van der Waals surface area contributed by atoms with Crippen molar-refractivity contribution in [2.75, 3.05) is 18.4 Å². The molecule has 0 bridgehead atoms. The summed E-state index contributed by atoms with van der Waals surface area (Å²) in [4.78, 5) is 4.34. The highest BCUT2D eigenvalue weighted by atomic mass is 15.2. The Labute approximate surface area is 104 Å². The van der Waals surface area contributed by atoms with E-state index in [1.54, 1.807) is 0 Å². The van der Waals surface area contributed by atoms with Gasteiger partial charge in [0.15, 0.2) is 0 Å². The van der Waals surface area contributed by atoms with Gasteiger partial charge in [0.05, 0.1) is 0 Å². The number of nitrogens with one attached hydrogen (secondary N) is 1. The molecule has 1 heterocycles. The Balaban J connectivity index is 1.88. The van der Waals surface area contributed by atoms with Crippen LogP contribution in [0.25, 0.3) is 0 Å². The monoisotopic (exact) mass is 236 g/mol. The average molecular weight is 236 g/mol. The van der Waals surface area contributed by atoms with Crippen molar-refractivity contribution in [1.29, 1.82) is 0 Å². The normalized spacial score (nSPS) is 24.8. The van der Waals surface area contributed by atoms with Gasteiger partial charge in [-0.1, -0.05) is 12.8 Å². The van der Waals surface area contributed by atoms with E-state index in [1.807, 2.05) is 12.4 Å². The molecule has 0 radical (unpaired) electrons. The summed E-state index contributed by atoms with van der Waals surface area (Å²) in [5, 5.41) is 3.47. The topological polar surface area (TPSA) is 55.9 Å². The highest BCUT2D eigenvalue weighted by molar-refractivity contribution is 5.25. The van der Waals surface area contributed by atoms with Crippen LogP contribution in [0.4, 0.5) is 5.95 Å². The first-order valence-electron chi connectivity index (χ1n) is 6.80. The smallest absolute Gasteiger partial charge is 0.202 e. The zero-order chi connectivity index (χ0) is 12.1. The van der Waals surface area contributed by atoms with Crippen molar-refractivity contribution < 1.29 is 0 Å². The SMILES string of the molecule is CCn1ccnc1NCC1CCCCC1CN. The van der Waals surface area contributed by atoms with Crippen molar-refractivity contribution in [3.8, 4) is 0 Å². The third-order valence-corrected chi connectivity index (χ3v) is 3.95. The van der Waals surface area contributed by atoms with E-state index in [0.717, 1.165) is 31.5 Å². The minimum Gasteiger partial charge on any atom is -0.355 e. The summed E-state index contributed by atoms with van der Waals surface area (Å²) in [6.45, 7) is 4.94. The maximum atomic E-state index is 5.85. The fourth-order valence-electron chi connectivity index (χ4n) is 2.82. The molecule has 1 aliphatic carbocycles. The van der Waals surface area contributed by atoms with Gasteiger partial charge in [-0.25, -0.2) is 4.98 Å². The second kappa shape index (κ2) is 6.05. The molecule has 2 unspecified atom stereocenters. The Hall–Kier alpha value is -1.03. The molecule has 17 heavy (non-hydrogen) atoms. The highest BCUT2D eigenvalue weighted by Gasteiger charge is 2.23. The molecule has 2 rings (SSSR count). The van der Waals surface area contributed by atoms with E-state index in [-0.39, 0.29) is 0 Å². The number of hydrogen-bond donors (Lipinski definition) is 2. The number of aromatic nitrogens is 2. The van der Waals surface area contributed by atoms with Crippen molar-refractivity contribution in [2.24, 2.45) is 17.6 Å². The van der Waals surface area contributed by atoms with Crippen LogP contribution in [0.3, 0.4) is 0 Å². The van der Waals surface area contributed by atoms with E-state index in [9.17, 15) is 0 Å². The molecular weight excluding hydrogens is 212 g/mol. The van der Waals surface area contributed by atoms with Gasteiger partial charge in [0, 0.05) is 25.5 Å². The summed E-state index contributed by atoms with van der Waals surface area (Å²) in [5.41, 5.74) is 5.85. The van der Waals surface area contributed by atoms with E-state index >= 15 is 0 Å². The molecule has 1 aromatic heterocycles. The van der Waals surface area contributed by atoms with Gasteiger partial charge in [-0.05, 0) is 38.1 Å². The summed E-state index contributed by atoms with van der Waals surface area (Å²) in [5.74, 6) is 2.41. The molecule has 1 fully saturated rings. The van der Waals surface area contributed by atoms with Gasteiger partial charge in [-0.15, -0.1) is 0 Å². The largest absolute Gasteiger partial charge is 0.355 e. The molecule has 4 nitrogen and oxygen atoms in total. The highest BCUT2D eigenvalue weighted by Crippen LogP contribution is 2.29. The molecule has 1 aromatic rings. The Kier molecular flexibility index (Phi) is 4.42. The summed E-state index contributed by atoms with van der Waals surface area (Å²) >= 11 is 0. The van der Waals surface area contributed by atoms with Crippen LogP contribution >= 0.6 is 0 Å². The molecule has 96 valence electrons. The Morgan fingerprint density at radius 3 is 2.88 bits per heavy atom. The molecule has 1 saturated carbocycles. The maximum Gasteiger partial charge on any atom is 0.202 e. The molecule has 0 aromatic carbocycles. The molecule has 0 amide bonds. The number of nitrogens with zero attached hydrogens (tertiary/aromatic N) is 2. The quantitative estimate of drug-likeness (QED) is 0.823. The molecule has 4 heteroatoms. The summed E-state index contributed by atoms with van der Waals surface area (Å²) in [6.07, 6.45) is 9.18. The molecule has 2 atom stereocenters. The predicted molar refractivity (Wildman–Crippen MR) is 70.9 cm³/mol. The van der Waals surface area contributed by atoms with Crippen LogP contribution in [-0.2, 0) is 6.54 Å². The van der Waals surface area contributed by atoms with Gasteiger partial charge in [0.1, 0.15) is 0 Å². The number of hydrogen-bond acceptors (Lipinski definition) is 3. The Bertz CT molecular complexity index is 334. The fraction of sp³-hybridized carbons (Fsp3) is 0.769. The zero-order valence-electron chi connectivity index (χ0n) is 10.7. The van der Waals surface area contributed by atoms with Crippen LogP contribution in [0.2, 0.25) is 0 Å². The van der Waals surface area contributed by atoms with Crippen molar-refractivity contribution >= 4 is 5.95 Å². The van der Waals surface area contributed by atoms with Gasteiger partial charge in [0.2, 0.25) is 5.95 Å². The van der Waals surface area contributed by atoms with Crippen molar-refractivity contribution in [2.45, 2.75) is 39.2 Å². The van der Waals surface area contributed by atoms with Gasteiger partial charge in [0.25, 0.3) is 0 Å². The average Bonchev–Trinajstić information content (AvgIpc) is 2.84. The van der Waals surface area contributed by atoms with Gasteiger partial charge in [-0.3, -0.25) is 0 Å². The number of nitrogens with two attached hydrogens (primary N) is 1. The Morgan fingerprint density at radius 1 is 1.41 bits per heavy atom. The number of aryl methyl sites for hydroxylation is 1. The van der Waals surface area contributed by atoms with E-state index in [1.165, 1.54) is 25.7 Å². The lowest BCUT2D eigenvalue weighted by Crippen LogP contribution is -2.31. The molecule has 0 spiro atoms. The third-order valence-electron chi connectivity index (χ3n) is 3.95. The third kappa shape index (κ3) is 3.00. The van der Waals surface area contributed by atoms with Crippen LogP contribution < -0.4 is 11.1 Å². The van der Waals surface area contributed by atoms with Crippen LogP contribution in [0.1, 0.15) is 32.6 Å². The number of rotatable bonds is 5. The predicted octanol–water partition coefficient (Wildman–Crippen LogP) is 2.08. The lowest BCUT2D eigenvalue weighted by Gasteiger charge is -2.30. The molecule has 3 N–H and O–H groups in total. The molecule has 0 saturated heterocycles. The maximum absolute atomic E-state index is 5.85. The van der Waals surface area contributed by atoms with Crippen molar-refractivity contribution in [1.82, 2.24) is 9.55 Å². The van der Waals surface area contributed by atoms with Crippen molar-refractivity contribution in [3.05, 3.63) is 12.4 Å². The van der Waals surface area contributed by atoms with Gasteiger partial charge < -0.3 is 15.6 Å². The van der Waals surface area contributed by atoms with Crippen LogP contribution in [0.15, 0.2) is 12.4 Å². The van der Waals surface area contributed by atoms with Crippen LogP contribution in [0, 0.1) is 11.8 Å². The second-order valence-electron chi connectivity index (χ2n) is 4.96. The number of imidazole rings is 1. The van der Waals surface area contributed by atoms with Crippen molar-refractivity contribution in [3.63, 3.8) is 0 Å². The molecular formula is C13H24N4. The first-order chi connectivity index (χ1) is 8.35. The zero-order valence-corrected chi connectivity index (χ0v) is 10.7. The van der Waals surface area contributed by atoms with Crippen LogP contribution in [0.5, 0.6) is 0 Å².